The highest BCUT2D eigenvalue weighted by Crippen LogP contribution is 2.35. The van der Waals surface area contributed by atoms with E-state index in [4.69, 9.17) is 0 Å². The number of aromatic hydroxyl groups is 1. The molecule has 1 aliphatic carbocycles. The first-order chi connectivity index (χ1) is 19.2. The third-order valence-electron chi connectivity index (χ3n) is 6.61. The minimum absolute atomic E-state index is 0.0661. The molecule has 0 spiro atoms. The van der Waals surface area contributed by atoms with Crippen LogP contribution < -0.4 is 10.2 Å². The molecule has 1 saturated carbocycles. The first-order valence-electron chi connectivity index (χ1n) is 12.6. The fourth-order valence-corrected chi connectivity index (χ4v) is 5.35. The van der Waals surface area contributed by atoms with Crippen molar-refractivity contribution < 1.29 is 27.9 Å². The van der Waals surface area contributed by atoms with E-state index in [2.05, 4.69) is 20.7 Å². The Balaban J connectivity index is 1.56. The third-order valence-corrected chi connectivity index (χ3v) is 7.47. The van der Waals surface area contributed by atoms with Crippen molar-refractivity contribution in [1.82, 2.24) is 25.5 Å². The zero-order valence-corrected chi connectivity index (χ0v) is 21.9. The second-order valence-corrected chi connectivity index (χ2v) is 10.4. The van der Waals surface area contributed by atoms with Gasteiger partial charge in [-0.2, -0.15) is 18.0 Å². The number of nitrogens with zero attached hydrogens (tertiary/aromatic N) is 5. The number of halogens is 3. The van der Waals surface area contributed by atoms with Crippen molar-refractivity contribution in [3.63, 3.8) is 0 Å². The zero-order valence-electron chi connectivity index (χ0n) is 21.1. The molecule has 9 nitrogen and oxygen atoms in total. The van der Waals surface area contributed by atoms with Crippen LogP contribution in [0.2, 0.25) is 0 Å². The predicted octanol–water partition coefficient (Wildman–Crippen LogP) is 4.96. The molecule has 0 unspecified atom stereocenters. The number of rotatable bonds is 8. The van der Waals surface area contributed by atoms with Crippen molar-refractivity contribution in [2.24, 2.45) is 0 Å². The number of aromatic nitrogens is 4. The van der Waals surface area contributed by atoms with E-state index in [9.17, 15) is 27.9 Å². The van der Waals surface area contributed by atoms with E-state index >= 15 is 0 Å². The normalized spacial score (nSPS) is 14.7. The van der Waals surface area contributed by atoms with Crippen LogP contribution in [0.25, 0.3) is 10.7 Å². The number of phenolic OH excluding ortho intramolecular Hbond substituents is 1. The number of phenols is 1. The quantitative estimate of drug-likeness (QED) is 0.310. The van der Waals surface area contributed by atoms with E-state index in [0.29, 0.717) is 11.4 Å². The summed E-state index contributed by atoms with van der Waals surface area (Å²) in [5.41, 5.74) is -0.787. The maximum Gasteiger partial charge on any atom is 0.416 e. The van der Waals surface area contributed by atoms with E-state index < -0.39 is 36.1 Å². The summed E-state index contributed by atoms with van der Waals surface area (Å²) in [4.78, 5) is 30.4. The monoisotopic (exact) mass is 570 g/mol. The van der Waals surface area contributed by atoms with Crippen LogP contribution in [0.1, 0.15) is 42.9 Å². The van der Waals surface area contributed by atoms with E-state index in [1.807, 2.05) is 11.4 Å². The first-order valence-corrected chi connectivity index (χ1v) is 13.5. The Morgan fingerprint density at radius 1 is 1.10 bits per heavy atom. The minimum atomic E-state index is -4.67. The Bertz CT molecular complexity index is 1470. The predicted molar refractivity (Wildman–Crippen MR) is 141 cm³/mol. The lowest BCUT2D eigenvalue weighted by Crippen LogP contribution is -2.47. The summed E-state index contributed by atoms with van der Waals surface area (Å²) >= 11 is 1.38. The molecule has 2 aromatic carbocycles. The summed E-state index contributed by atoms with van der Waals surface area (Å²) in [6.45, 7) is -0.486. The summed E-state index contributed by atoms with van der Waals surface area (Å²) in [5, 5.41) is 26.8. The number of nitrogens with one attached hydrogen (secondary N) is 1. The molecule has 1 aliphatic rings. The molecule has 2 aromatic heterocycles. The Kier molecular flexibility index (Phi) is 7.83. The van der Waals surface area contributed by atoms with Crippen molar-refractivity contribution in [2.75, 3.05) is 4.90 Å². The topological polar surface area (TPSA) is 113 Å². The highest BCUT2D eigenvalue weighted by Gasteiger charge is 2.37. The lowest BCUT2D eigenvalue weighted by Gasteiger charge is -2.32. The number of amides is 2. The molecule has 208 valence electrons. The van der Waals surface area contributed by atoms with Crippen LogP contribution in [0.4, 0.5) is 18.9 Å². The summed E-state index contributed by atoms with van der Waals surface area (Å²) < 4.78 is 41.0. The van der Waals surface area contributed by atoms with Crippen LogP contribution in [0.15, 0.2) is 66.0 Å². The maximum absolute atomic E-state index is 13.9. The molecule has 5 rings (SSSR count). The maximum atomic E-state index is 13.9. The highest BCUT2D eigenvalue weighted by molar-refractivity contribution is 7.13. The number of hydrogen-bond acceptors (Lipinski definition) is 7. The average molecular weight is 571 g/mol. The molecule has 1 atom stereocenters. The second kappa shape index (κ2) is 11.5. The molecule has 0 bridgehead atoms. The van der Waals surface area contributed by atoms with Crippen molar-refractivity contribution in [2.45, 2.75) is 50.5 Å². The van der Waals surface area contributed by atoms with Crippen LogP contribution in [0, 0.1) is 0 Å². The van der Waals surface area contributed by atoms with E-state index in [-0.39, 0.29) is 17.5 Å². The lowest BCUT2D eigenvalue weighted by molar-refractivity contribution is -0.137. The van der Waals surface area contributed by atoms with E-state index in [1.165, 1.54) is 47.7 Å². The zero-order chi connectivity index (χ0) is 28.3. The van der Waals surface area contributed by atoms with Crippen molar-refractivity contribution in [3.05, 3.63) is 77.2 Å². The van der Waals surface area contributed by atoms with Crippen LogP contribution in [-0.2, 0) is 22.3 Å². The van der Waals surface area contributed by atoms with Crippen LogP contribution in [0.5, 0.6) is 5.75 Å². The summed E-state index contributed by atoms with van der Waals surface area (Å²) in [6, 6.07) is 12.0. The van der Waals surface area contributed by atoms with Gasteiger partial charge in [0.2, 0.25) is 11.7 Å². The number of tetrazole rings is 1. The highest BCUT2D eigenvalue weighted by atomic mass is 32.1. The standard InChI is InChI=1S/C27H25F3N6O3S/c28-27(29,30)18-5-3-8-20(15-18)36(23(38)16-35-33-25(32-34-35)22-9-4-14-40-22)24(17-10-12-21(37)13-11-17)26(39)31-19-6-1-2-7-19/h3-5,8-15,19,24,37H,1-2,6-7,16H2,(H,31,39)/t24-/m0/s1. The summed E-state index contributed by atoms with van der Waals surface area (Å²) in [7, 11) is 0. The molecule has 2 amide bonds. The molecular weight excluding hydrogens is 545 g/mol. The van der Waals surface area contributed by atoms with Gasteiger partial charge in [0.15, 0.2) is 0 Å². The molecule has 0 radical (unpaired) electrons. The number of alkyl halides is 3. The van der Waals surface area contributed by atoms with Gasteiger partial charge in [0.25, 0.3) is 5.91 Å². The Labute approximate surface area is 231 Å². The molecule has 4 aromatic rings. The number of carbonyl (C=O) groups is 2. The van der Waals surface area contributed by atoms with Crippen molar-refractivity contribution in [1.29, 1.82) is 0 Å². The molecule has 2 N–H and O–H groups in total. The SMILES string of the molecule is O=C(NC1CCCC1)[C@H](c1ccc(O)cc1)N(C(=O)Cn1nnc(-c2cccs2)n1)c1cccc(C(F)(F)F)c1. The number of carbonyl (C=O) groups excluding carboxylic acids is 2. The molecular formula is C27H25F3N6O3S. The van der Waals surface area contributed by atoms with Gasteiger partial charge in [-0.15, -0.1) is 21.5 Å². The average Bonchev–Trinajstić information content (AvgIpc) is 3.71. The van der Waals surface area contributed by atoms with Gasteiger partial charge in [-0.25, -0.2) is 0 Å². The van der Waals surface area contributed by atoms with Crippen LogP contribution >= 0.6 is 11.3 Å². The van der Waals surface area contributed by atoms with Gasteiger partial charge >= 0.3 is 6.18 Å². The Morgan fingerprint density at radius 2 is 1.85 bits per heavy atom. The van der Waals surface area contributed by atoms with Gasteiger partial charge in [-0.05, 0) is 65.4 Å². The van der Waals surface area contributed by atoms with Crippen molar-refractivity contribution in [3.8, 4) is 16.5 Å². The summed E-state index contributed by atoms with van der Waals surface area (Å²) in [5.74, 6) is -1.05. The fraction of sp³-hybridized carbons (Fsp3) is 0.296. The molecule has 2 heterocycles. The summed E-state index contributed by atoms with van der Waals surface area (Å²) in [6.07, 6.45) is -1.26. The van der Waals surface area contributed by atoms with Gasteiger partial charge in [-0.1, -0.05) is 37.1 Å². The Hall–Kier alpha value is -4.26. The van der Waals surface area contributed by atoms with Crippen LogP contribution in [-0.4, -0.2) is 43.2 Å². The number of anilines is 1. The number of thiophene rings is 1. The van der Waals surface area contributed by atoms with Gasteiger partial charge in [0, 0.05) is 11.7 Å². The fourth-order valence-electron chi connectivity index (χ4n) is 4.71. The van der Waals surface area contributed by atoms with Gasteiger partial charge < -0.3 is 10.4 Å². The van der Waals surface area contributed by atoms with E-state index in [1.54, 1.807) is 6.07 Å². The molecule has 40 heavy (non-hydrogen) atoms. The van der Waals surface area contributed by atoms with Gasteiger partial charge in [-0.3, -0.25) is 14.5 Å². The molecule has 1 fully saturated rings. The molecule has 0 aliphatic heterocycles. The minimum Gasteiger partial charge on any atom is -0.508 e. The van der Waals surface area contributed by atoms with Gasteiger partial charge in [0.1, 0.15) is 18.3 Å². The molecule has 0 saturated heterocycles. The second-order valence-electron chi connectivity index (χ2n) is 9.42. The first kappa shape index (κ1) is 27.3. The van der Waals surface area contributed by atoms with Gasteiger partial charge in [0.05, 0.1) is 10.4 Å². The number of hydrogen-bond donors (Lipinski definition) is 2. The van der Waals surface area contributed by atoms with E-state index in [0.717, 1.165) is 52.4 Å². The lowest BCUT2D eigenvalue weighted by atomic mass is 10.0. The smallest absolute Gasteiger partial charge is 0.416 e. The molecule has 13 heteroatoms. The van der Waals surface area contributed by atoms with Crippen LogP contribution in [0.3, 0.4) is 0 Å². The number of benzene rings is 2. The van der Waals surface area contributed by atoms with Crippen molar-refractivity contribution >= 4 is 28.8 Å². The third kappa shape index (κ3) is 6.14. The Morgan fingerprint density at radius 3 is 2.52 bits per heavy atom. The largest absolute Gasteiger partial charge is 0.508 e.